The van der Waals surface area contributed by atoms with Gasteiger partial charge in [-0.25, -0.2) is 0 Å². The van der Waals surface area contributed by atoms with Gasteiger partial charge in [0.1, 0.15) is 0 Å². The van der Waals surface area contributed by atoms with Gasteiger partial charge in [0.15, 0.2) is 0 Å². The number of hydrogen-bond donors (Lipinski definition) is 1. The second-order valence-corrected chi connectivity index (χ2v) is 10.0. The monoisotopic (exact) mass is 455 g/mol. The molecule has 0 aliphatic carbocycles. The summed E-state index contributed by atoms with van der Waals surface area (Å²) in [7, 11) is -3.32. The van der Waals surface area contributed by atoms with E-state index in [0.717, 1.165) is 19.7 Å². The minimum absolute atomic E-state index is 0.00161. The molecule has 0 bridgehead atoms. The summed E-state index contributed by atoms with van der Waals surface area (Å²) in [4.78, 5) is 0. The Balaban J connectivity index is 2.18. The van der Waals surface area contributed by atoms with E-state index in [1.165, 1.54) is 10.7 Å². The number of anilines is 1. The topological polar surface area (TPSA) is 46.2 Å². The summed E-state index contributed by atoms with van der Waals surface area (Å²) < 4.78 is 29.3. The van der Waals surface area contributed by atoms with Crippen molar-refractivity contribution in [3.63, 3.8) is 0 Å². The Bertz CT molecular complexity index is 959. The van der Waals surface area contributed by atoms with E-state index >= 15 is 0 Å². The van der Waals surface area contributed by atoms with E-state index in [1.54, 1.807) is 0 Å². The van der Waals surface area contributed by atoms with Crippen LogP contribution in [0.4, 0.5) is 5.69 Å². The molecule has 0 aliphatic rings. The van der Waals surface area contributed by atoms with Crippen molar-refractivity contribution in [3.05, 3.63) is 65.1 Å². The van der Waals surface area contributed by atoms with Gasteiger partial charge in [0.2, 0.25) is 0 Å². The van der Waals surface area contributed by atoms with Gasteiger partial charge in [-0.2, -0.15) is 0 Å². The number of fused-ring (bicyclic) bond motifs is 1. The Morgan fingerprint density at radius 1 is 1.00 bits per heavy atom. The van der Waals surface area contributed by atoms with E-state index in [1.807, 2.05) is 48.5 Å². The molecule has 0 aliphatic heterocycles. The molecule has 0 atom stereocenters. The number of sulfonamides is 1. The van der Waals surface area contributed by atoms with Crippen molar-refractivity contribution in [3.8, 4) is 0 Å². The molecule has 0 radical (unpaired) electrons. The molecule has 118 valence electrons. The molecule has 0 amide bonds. The molecule has 3 nitrogen and oxygen atoms in total. The van der Waals surface area contributed by atoms with Crippen LogP contribution in [0.3, 0.4) is 0 Å². The molecular formula is C17H14BrNO2SSe. The first-order chi connectivity index (χ1) is 10.9. The third-order valence-corrected chi connectivity index (χ3v) is 6.69. The summed E-state index contributed by atoms with van der Waals surface area (Å²) in [6.07, 6.45) is 1.18. The fourth-order valence-corrected chi connectivity index (χ4v) is 5.57. The van der Waals surface area contributed by atoms with Crippen LogP contribution in [0, 0.1) is 0 Å². The van der Waals surface area contributed by atoms with Crippen LogP contribution in [0.1, 0.15) is 0 Å². The SMILES string of the molecule is CS(=O)(=O)Nc1ccc2cc(Br)ccc2c1[Se]c1ccccc1. The summed E-state index contributed by atoms with van der Waals surface area (Å²) in [5, 5.41) is 2.16. The van der Waals surface area contributed by atoms with Gasteiger partial charge in [-0.3, -0.25) is 0 Å². The molecule has 3 rings (SSSR count). The first-order valence-corrected chi connectivity index (χ1v) is 11.2. The first kappa shape index (κ1) is 16.5. The number of benzene rings is 3. The molecule has 1 N–H and O–H groups in total. The minimum atomic E-state index is -3.32. The second-order valence-electron chi connectivity index (χ2n) is 5.10. The summed E-state index contributed by atoms with van der Waals surface area (Å²) >= 11 is 3.49. The van der Waals surface area contributed by atoms with Gasteiger partial charge in [0.25, 0.3) is 0 Å². The fraction of sp³-hybridized carbons (Fsp3) is 0.0588. The van der Waals surface area contributed by atoms with Crippen LogP contribution in [-0.4, -0.2) is 29.6 Å². The van der Waals surface area contributed by atoms with Crippen LogP contribution >= 0.6 is 15.9 Å². The molecule has 6 heteroatoms. The Morgan fingerprint density at radius 3 is 2.43 bits per heavy atom. The van der Waals surface area contributed by atoms with E-state index in [-0.39, 0.29) is 15.0 Å². The van der Waals surface area contributed by atoms with Crippen LogP contribution in [0.15, 0.2) is 65.1 Å². The van der Waals surface area contributed by atoms with Gasteiger partial charge in [0.05, 0.1) is 0 Å². The first-order valence-electron chi connectivity index (χ1n) is 6.85. The second kappa shape index (κ2) is 6.65. The molecule has 3 aromatic carbocycles. The van der Waals surface area contributed by atoms with Crippen LogP contribution < -0.4 is 13.6 Å². The summed E-state index contributed by atoms with van der Waals surface area (Å²) in [5.74, 6) is 0. The quantitative estimate of drug-likeness (QED) is 0.616. The molecule has 3 aromatic rings. The van der Waals surface area contributed by atoms with Crippen molar-refractivity contribution < 1.29 is 8.42 Å². The average Bonchev–Trinajstić information content (AvgIpc) is 2.49. The zero-order valence-corrected chi connectivity index (χ0v) is 16.4. The molecule has 0 saturated heterocycles. The zero-order chi connectivity index (χ0) is 16.4. The van der Waals surface area contributed by atoms with Crippen molar-refractivity contribution in [1.29, 1.82) is 0 Å². The molecule has 0 aromatic heterocycles. The van der Waals surface area contributed by atoms with Gasteiger partial charge in [-0.1, -0.05) is 0 Å². The van der Waals surface area contributed by atoms with Crippen LogP contribution in [0.25, 0.3) is 10.8 Å². The van der Waals surface area contributed by atoms with Crippen molar-refractivity contribution in [2.45, 2.75) is 0 Å². The molecule has 0 spiro atoms. The predicted molar refractivity (Wildman–Crippen MR) is 102 cm³/mol. The number of rotatable bonds is 4. The zero-order valence-electron chi connectivity index (χ0n) is 12.3. The van der Waals surface area contributed by atoms with Crippen LogP contribution in [-0.2, 0) is 10.0 Å². The summed E-state index contributed by atoms with van der Waals surface area (Å²) in [6, 6.07) is 20.0. The third kappa shape index (κ3) is 4.15. The number of nitrogens with one attached hydrogen (secondary N) is 1. The summed E-state index contributed by atoms with van der Waals surface area (Å²) in [6.45, 7) is 0. The molecule has 0 heterocycles. The molecule has 0 saturated carbocycles. The van der Waals surface area contributed by atoms with Crippen molar-refractivity contribution >= 4 is 66.3 Å². The fourth-order valence-electron chi connectivity index (χ4n) is 2.27. The van der Waals surface area contributed by atoms with Gasteiger partial charge in [0, 0.05) is 0 Å². The molecule has 0 fully saturated rings. The van der Waals surface area contributed by atoms with Crippen molar-refractivity contribution in [2.24, 2.45) is 0 Å². The molecule has 0 unspecified atom stereocenters. The summed E-state index contributed by atoms with van der Waals surface area (Å²) in [5.41, 5.74) is 0.658. The van der Waals surface area contributed by atoms with Crippen molar-refractivity contribution in [2.75, 3.05) is 11.0 Å². The maximum absolute atomic E-state index is 11.7. The van der Waals surface area contributed by atoms with E-state index < -0.39 is 10.0 Å². The number of hydrogen-bond acceptors (Lipinski definition) is 2. The Labute approximate surface area is 150 Å². The van der Waals surface area contributed by atoms with Gasteiger partial charge >= 0.3 is 151 Å². The van der Waals surface area contributed by atoms with Crippen LogP contribution in [0.5, 0.6) is 0 Å². The standard InChI is InChI=1S/C17H14BrNO2SSe/c1-22(20,21)19-16-10-7-12-11-13(18)8-9-15(12)17(16)23-14-5-3-2-4-6-14/h2-11,19H,1H3. The Hall–Kier alpha value is -1.33. The van der Waals surface area contributed by atoms with Gasteiger partial charge in [-0.05, 0) is 0 Å². The molecular weight excluding hydrogens is 441 g/mol. The average molecular weight is 455 g/mol. The maximum atomic E-state index is 11.7. The van der Waals surface area contributed by atoms with E-state index in [2.05, 4.69) is 32.8 Å². The van der Waals surface area contributed by atoms with Crippen LogP contribution in [0.2, 0.25) is 0 Å². The van der Waals surface area contributed by atoms with E-state index in [4.69, 9.17) is 0 Å². The third-order valence-electron chi connectivity index (χ3n) is 3.19. The van der Waals surface area contributed by atoms with E-state index in [0.29, 0.717) is 5.69 Å². The molecule has 23 heavy (non-hydrogen) atoms. The van der Waals surface area contributed by atoms with Gasteiger partial charge < -0.3 is 0 Å². The number of halogens is 1. The van der Waals surface area contributed by atoms with Gasteiger partial charge in [-0.15, -0.1) is 0 Å². The normalized spacial score (nSPS) is 11.6. The predicted octanol–water partition coefficient (Wildman–Crippen LogP) is 2.63. The van der Waals surface area contributed by atoms with E-state index in [9.17, 15) is 8.42 Å². The van der Waals surface area contributed by atoms with Crippen molar-refractivity contribution in [1.82, 2.24) is 0 Å². The Kier molecular flexibility index (Phi) is 4.78. The Morgan fingerprint density at radius 2 is 1.74 bits per heavy atom.